The van der Waals surface area contributed by atoms with Crippen molar-refractivity contribution >= 4 is 23.6 Å². The van der Waals surface area contributed by atoms with Gasteiger partial charge in [-0.25, -0.2) is 0 Å². The van der Waals surface area contributed by atoms with E-state index < -0.39 is 7.38 Å². The highest BCUT2D eigenvalue weighted by molar-refractivity contribution is 7.27. The zero-order valence-corrected chi connectivity index (χ0v) is 10.1. The SMILES string of the molecule is CCC[Si](Cl)(CC)c1ccccc1. The summed E-state index contributed by atoms with van der Waals surface area (Å²) < 4.78 is 0. The van der Waals surface area contributed by atoms with E-state index in [0.29, 0.717) is 0 Å². The molecule has 0 nitrogen and oxygen atoms in total. The van der Waals surface area contributed by atoms with Crippen molar-refractivity contribution in [3.8, 4) is 0 Å². The van der Waals surface area contributed by atoms with E-state index in [0.717, 1.165) is 6.04 Å². The smallest absolute Gasteiger partial charge is 0.161 e. The Labute approximate surface area is 86.6 Å². The Morgan fingerprint density at radius 2 is 1.77 bits per heavy atom. The van der Waals surface area contributed by atoms with E-state index in [4.69, 9.17) is 11.1 Å². The predicted octanol–water partition coefficient (Wildman–Crippen LogP) is 3.51. The zero-order chi connectivity index (χ0) is 9.73. The lowest BCUT2D eigenvalue weighted by Crippen LogP contribution is -2.40. The molecule has 0 spiro atoms. The minimum Gasteiger partial charge on any atom is -0.161 e. The van der Waals surface area contributed by atoms with Crippen molar-refractivity contribution in [2.24, 2.45) is 0 Å². The van der Waals surface area contributed by atoms with Gasteiger partial charge in [0.25, 0.3) is 0 Å². The quantitative estimate of drug-likeness (QED) is 0.530. The van der Waals surface area contributed by atoms with Gasteiger partial charge in [-0.1, -0.05) is 50.6 Å². The van der Waals surface area contributed by atoms with Crippen LogP contribution < -0.4 is 5.19 Å². The molecule has 0 bridgehead atoms. The minimum absolute atomic E-state index is 1.13. The van der Waals surface area contributed by atoms with Crippen LogP contribution >= 0.6 is 11.1 Å². The van der Waals surface area contributed by atoms with Crippen LogP contribution in [0.15, 0.2) is 30.3 Å². The lowest BCUT2D eigenvalue weighted by Gasteiger charge is -2.22. The fraction of sp³-hybridized carbons (Fsp3) is 0.455. The molecule has 1 rings (SSSR count). The normalized spacial score (nSPS) is 15.3. The summed E-state index contributed by atoms with van der Waals surface area (Å²) in [6.07, 6.45) is 1.19. The van der Waals surface area contributed by atoms with Crippen LogP contribution in [0.1, 0.15) is 20.3 Å². The molecule has 0 N–H and O–H groups in total. The molecule has 1 aromatic rings. The molecule has 13 heavy (non-hydrogen) atoms. The molecule has 0 heterocycles. The molecular weight excluding hydrogens is 196 g/mol. The average Bonchev–Trinajstić information content (AvgIpc) is 2.19. The summed E-state index contributed by atoms with van der Waals surface area (Å²) in [5.74, 6) is 0. The van der Waals surface area contributed by atoms with Crippen molar-refractivity contribution in [3.63, 3.8) is 0 Å². The third-order valence-electron chi connectivity index (χ3n) is 2.50. The summed E-state index contributed by atoms with van der Waals surface area (Å²) in [5, 5.41) is 1.39. The fourth-order valence-corrected chi connectivity index (χ4v) is 5.24. The van der Waals surface area contributed by atoms with Gasteiger partial charge in [-0.3, -0.25) is 0 Å². The van der Waals surface area contributed by atoms with Gasteiger partial charge in [-0.15, -0.1) is 0 Å². The second-order valence-electron chi connectivity index (χ2n) is 3.43. The number of rotatable bonds is 4. The van der Waals surface area contributed by atoms with Gasteiger partial charge in [0.1, 0.15) is 0 Å². The zero-order valence-electron chi connectivity index (χ0n) is 8.39. The lowest BCUT2D eigenvalue weighted by molar-refractivity contribution is 1.05. The minimum atomic E-state index is -1.63. The molecule has 0 aromatic heterocycles. The first-order valence-electron chi connectivity index (χ1n) is 4.97. The van der Waals surface area contributed by atoms with Crippen LogP contribution in [-0.4, -0.2) is 7.38 Å². The van der Waals surface area contributed by atoms with Gasteiger partial charge in [0, 0.05) is 0 Å². The Balaban J connectivity index is 2.89. The van der Waals surface area contributed by atoms with E-state index in [1.807, 2.05) is 0 Å². The molecule has 0 fully saturated rings. The Morgan fingerprint density at radius 3 is 2.23 bits per heavy atom. The standard InChI is InChI=1S/C11H17ClSi/c1-3-10-13(12,4-2)11-8-6-5-7-9-11/h5-9H,3-4,10H2,1-2H3. The molecule has 0 aliphatic heterocycles. The largest absolute Gasteiger partial charge is 0.186 e. The number of benzene rings is 1. The Hall–Kier alpha value is -0.273. The predicted molar refractivity (Wildman–Crippen MR) is 63.3 cm³/mol. The number of hydrogen-bond donors (Lipinski definition) is 0. The molecule has 1 unspecified atom stereocenters. The van der Waals surface area contributed by atoms with Crippen LogP contribution in [0.4, 0.5) is 0 Å². The molecular formula is C11H17ClSi. The van der Waals surface area contributed by atoms with Gasteiger partial charge in [0.2, 0.25) is 0 Å². The highest BCUT2D eigenvalue weighted by atomic mass is 35.6. The summed E-state index contributed by atoms with van der Waals surface area (Å²) in [7, 11) is -1.63. The summed E-state index contributed by atoms with van der Waals surface area (Å²) in [4.78, 5) is 0. The van der Waals surface area contributed by atoms with E-state index in [9.17, 15) is 0 Å². The number of hydrogen-bond acceptors (Lipinski definition) is 0. The average molecular weight is 213 g/mol. The van der Waals surface area contributed by atoms with E-state index >= 15 is 0 Å². The fourth-order valence-electron chi connectivity index (χ4n) is 1.66. The maximum atomic E-state index is 6.69. The van der Waals surface area contributed by atoms with Gasteiger partial charge in [0.05, 0.1) is 0 Å². The summed E-state index contributed by atoms with van der Waals surface area (Å²) in [6, 6.07) is 12.9. The summed E-state index contributed by atoms with van der Waals surface area (Å²) in [6.45, 7) is 4.42. The summed E-state index contributed by atoms with van der Waals surface area (Å²) in [5.41, 5.74) is 0. The van der Waals surface area contributed by atoms with Crippen LogP contribution in [-0.2, 0) is 0 Å². The first-order chi connectivity index (χ1) is 6.23. The van der Waals surface area contributed by atoms with E-state index in [-0.39, 0.29) is 0 Å². The van der Waals surface area contributed by atoms with Crippen LogP contribution in [0.2, 0.25) is 12.1 Å². The van der Waals surface area contributed by atoms with E-state index in [2.05, 4.69) is 44.2 Å². The first kappa shape index (κ1) is 10.8. The molecule has 72 valence electrons. The van der Waals surface area contributed by atoms with Crippen molar-refractivity contribution in [2.45, 2.75) is 32.4 Å². The molecule has 0 saturated carbocycles. The van der Waals surface area contributed by atoms with Gasteiger partial charge in [-0.2, -0.15) is 11.1 Å². The molecule has 1 aromatic carbocycles. The topological polar surface area (TPSA) is 0 Å². The molecule has 1 atom stereocenters. The van der Waals surface area contributed by atoms with E-state index in [1.54, 1.807) is 0 Å². The highest BCUT2D eigenvalue weighted by Crippen LogP contribution is 2.21. The van der Waals surface area contributed by atoms with Gasteiger partial charge in [0.15, 0.2) is 7.38 Å². The molecule has 0 radical (unpaired) electrons. The van der Waals surface area contributed by atoms with Gasteiger partial charge >= 0.3 is 0 Å². The molecule has 0 amide bonds. The molecule has 0 aliphatic carbocycles. The maximum Gasteiger partial charge on any atom is 0.186 e. The van der Waals surface area contributed by atoms with Crippen LogP contribution in [0.25, 0.3) is 0 Å². The third-order valence-corrected chi connectivity index (χ3v) is 8.30. The molecule has 2 heteroatoms. The number of halogens is 1. The molecule has 0 aliphatic rings. The summed E-state index contributed by atoms with van der Waals surface area (Å²) >= 11 is 6.69. The highest BCUT2D eigenvalue weighted by Gasteiger charge is 2.29. The van der Waals surface area contributed by atoms with Crippen molar-refractivity contribution < 1.29 is 0 Å². The van der Waals surface area contributed by atoms with Gasteiger partial charge < -0.3 is 0 Å². The van der Waals surface area contributed by atoms with Crippen molar-refractivity contribution in [1.29, 1.82) is 0 Å². The van der Waals surface area contributed by atoms with Crippen LogP contribution in [0.3, 0.4) is 0 Å². The lowest BCUT2D eigenvalue weighted by atomic mass is 10.4. The molecule has 0 saturated heterocycles. The van der Waals surface area contributed by atoms with Gasteiger partial charge in [-0.05, 0) is 17.3 Å². The van der Waals surface area contributed by atoms with E-state index in [1.165, 1.54) is 17.7 Å². The Kier molecular flexibility index (Phi) is 4.01. The Morgan fingerprint density at radius 1 is 1.15 bits per heavy atom. The van der Waals surface area contributed by atoms with Crippen molar-refractivity contribution in [1.82, 2.24) is 0 Å². The monoisotopic (exact) mass is 212 g/mol. The second-order valence-corrected chi connectivity index (χ2v) is 9.32. The third kappa shape index (κ3) is 2.58. The maximum absolute atomic E-state index is 6.69. The first-order valence-corrected chi connectivity index (χ1v) is 8.40. The van der Waals surface area contributed by atoms with Crippen molar-refractivity contribution in [2.75, 3.05) is 0 Å². The second kappa shape index (κ2) is 4.82. The van der Waals surface area contributed by atoms with Crippen LogP contribution in [0.5, 0.6) is 0 Å². The Bertz CT molecular complexity index is 248. The van der Waals surface area contributed by atoms with Crippen molar-refractivity contribution in [3.05, 3.63) is 30.3 Å². The van der Waals surface area contributed by atoms with Crippen LogP contribution in [0, 0.1) is 0 Å².